The monoisotopic (exact) mass is 380 g/mol. The van der Waals surface area contributed by atoms with E-state index in [4.69, 9.17) is 11.5 Å². The summed E-state index contributed by atoms with van der Waals surface area (Å²) in [5.74, 6) is 1.28. The van der Waals surface area contributed by atoms with Gasteiger partial charge in [-0.3, -0.25) is 9.80 Å². The Balaban J connectivity index is 0.000000161. The summed E-state index contributed by atoms with van der Waals surface area (Å²) in [7, 11) is 0. The highest BCUT2D eigenvalue weighted by Crippen LogP contribution is 2.17. The maximum atomic E-state index is 5.98. The van der Waals surface area contributed by atoms with Gasteiger partial charge in [0.15, 0.2) is 0 Å². The molecule has 28 heavy (non-hydrogen) atoms. The highest BCUT2D eigenvalue weighted by Gasteiger charge is 2.26. The molecule has 2 fully saturated rings. The highest BCUT2D eigenvalue weighted by atomic mass is 15.2. The van der Waals surface area contributed by atoms with Crippen molar-refractivity contribution in [3.05, 3.63) is 71.8 Å². The lowest BCUT2D eigenvalue weighted by atomic mass is 10.1. The van der Waals surface area contributed by atoms with Crippen molar-refractivity contribution in [1.82, 2.24) is 9.80 Å². The zero-order valence-electron chi connectivity index (χ0n) is 17.4. The average Bonchev–Trinajstić information content (AvgIpc) is 3.17. The van der Waals surface area contributed by atoms with E-state index < -0.39 is 0 Å². The molecule has 0 radical (unpaired) electrons. The number of likely N-dealkylation sites (tertiary alicyclic amines) is 2. The lowest BCUT2D eigenvalue weighted by molar-refractivity contribution is 0.319. The molecule has 2 saturated heterocycles. The van der Waals surface area contributed by atoms with Crippen molar-refractivity contribution >= 4 is 0 Å². The van der Waals surface area contributed by atoms with E-state index in [0.717, 1.165) is 39.3 Å². The van der Waals surface area contributed by atoms with Crippen LogP contribution in [0, 0.1) is 11.8 Å². The minimum absolute atomic E-state index is 0.360. The average molecular weight is 381 g/mol. The molecule has 4 atom stereocenters. The second kappa shape index (κ2) is 10.2. The number of nitrogens with zero attached hydrogens (tertiary/aromatic N) is 2. The van der Waals surface area contributed by atoms with Gasteiger partial charge in [0.2, 0.25) is 0 Å². The largest absolute Gasteiger partial charge is 0.326 e. The summed E-state index contributed by atoms with van der Waals surface area (Å²) in [6.07, 6.45) is 0. The Morgan fingerprint density at radius 1 is 0.643 bits per heavy atom. The first-order chi connectivity index (χ1) is 13.5. The lowest BCUT2D eigenvalue weighted by Gasteiger charge is -2.14. The summed E-state index contributed by atoms with van der Waals surface area (Å²) < 4.78 is 0. The predicted octanol–water partition coefficient (Wildman–Crippen LogP) is 2.93. The molecule has 4 rings (SSSR count). The first-order valence-electron chi connectivity index (χ1n) is 10.5. The zero-order chi connectivity index (χ0) is 19.9. The smallest absolute Gasteiger partial charge is 0.0234 e. The number of hydrogen-bond acceptors (Lipinski definition) is 4. The van der Waals surface area contributed by atoms with Gasteiger partial charge in [-0.1, -0.05) is 74.5 Å². The molecule has 2 heterocycles. The molecule has 152 valence electrons. The van der Waals surface area contributed by atoms with Gasteiger partial charge in [0, 0.05) is 51.4 Å². The maximum absolute atomic E-state index is 5.98. The number of hydrogen-bond donors (Lipinski definition) is 2. The maximum Gasteiger partial charge on any atom is 0.0234 e. The van der Waals surface area contributed by atoms with Crippen LogP contribution in [-0.4, -0.2) is 48.1 Å². The fraction of sp³-hybridized carbons (Fsp3) is 0.500. The predicted molar refractivity (Wildman–Crippen MR) is 118 cm³/mol. The summed E-state index contributed by atoms with van der Waals surface area (Å²) in [6.45, 7) is 10.9. The molecule has 0 spiro atoms. The number of rotatable bonds is 4. The molecule has 2 aromatic carbocycles. The molecule has 0 saturated carbocycles. The molecule has 2 aliphatic rings. The van der Waals surface area contributed by atoms with E-state index in [9.17, 15) is 0 Å². The van der Waals surface area contributed by atoms with Crippen LogP contribution in [0.2, 0.25) is 0 Å². The highest BCUT2D eigenvalue weighted by molar-refractivity contribution is 5.15. The summed E-state index contributed by atoms with van der Waals surface area (Å²) in [5, 5.41) is 0. The molecule has 4 N–H and O–H groups in total. The van der Waals surface area contributed by atoms with E-state index in [0.29, 0.717) is 23.9 Å². The summed E-state index contributed by atoms with van der Waals surface area (Å²) in [6, 6.07) is 21.9. The summed E-state index contributed by atoms with van der Waals surface area (Å²) in [5.41, 5.74) is 14.7. The molecule has 0 unspecified atom stereocenters. The standard InChI is InChI=1S/2C12H18N2/c2*1-10-7-14(9-12(10)13)8-11-5-3-2-4-6-11/h2*2-6,10,12H,7-9,13H2,1H3/t2*10-,12+/m10/s1. The van der Waals surface area contributed by atoms with Gasteiger partial charge in [0.1, 0.15) is 0 Å². The molecule has 4 nitrogen and oxygen atoms in total. The number of benzene rings is 2. The van der Waals surface area contributed by atoms with Crippen molar-refractivity contribution in [2.75, 3.05) is 26.2 Å². The van der Waals surface area contributed by atoms with Gasteiger partial charge in [-0.25, -0.2) is 0 Å². The van der Waals surface area contributed by atoms with Crippen molar-refractivity contribution < 1.29 is 0 Å². The van der Waals surface area contributed by atoms with Crippen molar-refractivity contribution in [2.24, 2.45) is 23.3 Å². The first-order valence-corrected chi connectivity index (χ1v) is 10.5. The van der Waals surface area contributed by atoms with Gasteiger partial charge in [-0.2, -0.15) is 0 Å². The molecular weight excluding hydrogens is 344 g/mol. The van der Waals surface area contributed by atoms with Crippen LogP contribution in [0.4, 0.5) is 0 Å². The van der Waals surface area contributed by atoms with Crippen LogP contribution in [0.5, 0.6) is 0 Å². The van der Waals surface area contributed by atoms with Crippen LogP contribution in [0.1, 0.15) is 25.0 Å². The summed E-state index contributed by atoms with van der Waals surface area (Å²) in [4.78, 5) is 4.87. The SMILES string of the molecule is C[C@@H]1CN(Cc2ccccc2)C[C@@H]1N.C[C@H]1CN(Cc2ccccc2)C[C@H]1N. The molecule has 2 aliphatic heterocycles. The second-order valence-corrected chi connectivity index (χ2v) is 8.64. The van der Waals surface area contributed by atoms with E-state index in [1.165, 1.54) is 11.1 Å². The third kappa shape index (κ3) is 6.14. The Morgan fingerprint density at radius 2 is 1.00 bits per heavy atom. The van der Waals surface area contributed by atoms with Gasteiger partial charge >= 0.3 is 0 Å². The van der Waals surface area contributed by atoms with E-state index in [2.05, 4.69) is 84.3 Å². The van der Waals surface area contributed by atoms with Crippen molar-refractivity contribution in [3.8, 4) is 0 Å². The van der Waals surface area contributed by atoms with Crippen LogP contribution >= 0.6 is 0 Å². The minimum atomic E-state index is 0.360. The van der Waals surface area contributed by atoms with Gasteiger partial charge in [0.25, 0.3) is 0 Å². The lowest BCUT2D eigenvalue weighted by Crippen LogP contribution is -2.28. The molecule has 2 aromatic rings. The third-order valence-electron chi connectivity index (χ3n) is 5.99. The Morgan fingerprint density at radius 3 is 1.29 bits per heavy atom. The van der Waals surface area contributed by atoms with Crippen molar-refractivity contribution in [3.63, 3.8) is 0 Å². The van der Waals surface area contributed by atoms with Gasteiger partial charge in [0.05, 0.1) is 0 Å². The van der Waals surface area contributed by atoms with Crippen LogP contribution < -0.4 is 11.5 Å². The molecule has 0 aliphatic carbocycles. The van der Waals surface area contributed by atoms with Crippen LogP contribution in [0.3, 0.4) is 0 Å². The van der Waals surface area contributed by atoms with Gasteiger partial charge < -0.3 is 11.5 Å². The quantitative estimate of drug-likeness (QED) is 0.856. The van der Waals surface area contributed by atoms with Crippen LogP contribution in [0.15, 0.2) is 60.7 Å². The molecule has 0 bridgehead atoms. The van der Waals surface area contributed by atoms with Crippen LogP contribution in [0.25, 0.3) is 0 Å². The van der Waals surface area contributed by atoms with E-state index in [1.807, 2.05) is 0 Å². The van der Waals surface area contributed by atoms with Crippen molar-refractivity contribution in [2.45, 2.75) is 39.0 Å². The van der Waals surface area contributed by atoms with E-state index in [1.54, 1.807) is 0 Å². The number of nitrogens with two attached hydrogens (primary N) is 2. The Hall–Kier alpha value is -1.72. The first kappa shape index (κ1) is 21.0. The van der Waals surface area contributed by atoms with E-state index >= 15 is 0 Å². The summed E-state index contributed by atoms with van der Waals surface area (Å²) >= 11 is 0. The molecular formula is C24H36N4. The molecule has 0 aromatic heterocycles. The molecule has 0 amide bonds. The fourth-order valence-corrected chi connectivity index (χ4v) is 4.13. The van der Waals surface area contributed by atoms with Gasteiger partial charge in [-0.15, -0.1) is 0 Å². The van der Waals surface area contributed by atoms with Crippen LogP contribution in [-0.2, 0) is 13.1 Å². The normalized spacial score (nSPS) is 28.1. The second-order valence-electron chi connectivity index (χ2n) is 8.64. The molecule has 4 heteroatoms. The third-order valence-corrected chi connectivity index (χ3v) is 5.99. The Kier molecular flexibility index (Phi) is 7.63. The zero-order valence-corrected chi connectivity index (χ0v) is 17.4. The Bertz CT molecular complexity index is 609. The van der Waals surface area contributed by atoms with E-state index in [-0.39, 0.29) is 0 Å². The van der Waals surface area contributed by atoms with Crippen molar-refractivity contribution in [1.29, 1.82) is 0 Å². The Labute approximate surface area is 170 Å². The topological polar surface area (TPSA) is 58.5 Å². The minimum Gasteiger partial charge on any atom is -0.326 e. The fourth-order valence-electron chi connectivity index (χ4n) is 4.13. The van der Waals surface area contributed by atoms with Gasteiger partial charge in [-0.05, 0) is 23.0 Å².